The molecule has 0 heterocycles. The lowest BCUT2D eigenvalue weighted by atomic mass is 10.1. The number of aryl methyl sites for hydroxylation is 2. The van der Waals surface area contributed by atoms with E-state index >= 15 is 0 Å². The number of sulfone groups is 1. The monoisotopic (exact) mass is 378 g/mol. The lowest BCUT2D eigenvalue weighted by molar-refractivity contribution is -0.114. The van der Waals surface area contributed by atoms with Crippen molar-refractivity contribution in [2.75, 3.05) is 22.1 Å². The smallest absolute Gasteiger partial charge is 0.239 e. The molecule has 0 aromatic heterocycles. The predicted octanol–water partition coefficient (Wildman–Crippen LogP) is 2.43. The first kappa shape index (κ1) is 19.6. The van der Waals surface area contributed by atoms with Gasteiger partial charge in [0.2, 0.25) is 11.8 Å². The summed E-state index contributed by atoms with van der Waals surface area (Å²) in [5, 5.41) is 4.88. The topological polar surface area (TPSA) is 92.3 Å². The molecule has 0 aliphatic rings. The van der Waals surface area contributed by atoms with Crippen molar-refractivity contribution in [2.24, 2.45) is 0 Å². The van der Waals surface area contributed by atoms with E-state index in [9.17, 15) is 22.4 Å². The lowest BCUT2D eigenvalue weighted by Crippen LogP contribution is -2.30. The molecule has 0 fully saturated rings. The summed E-state index contributed by atoms with van der Waals surface area (Å²) in [5.74, 6) is -3.64. The molecule has 6 nitrogen and oxygen atoms in total. The normalized spacial score (nSPS) is 11.0. The zero-order chi connectivity index (χ0) is 19.3. The summed E-state index contributed by atoms with van der Waals surface area (Å²) < 4.78 is 36.9. The average Bonchev–Trinajstić information content (AvgIpc) is 2.51. The minimum atomic E-state index is -3.95. The Balaban J connectivity index is 1.93. The van der Waals surface area contributed by atoms with Gasteiger partial charge in [-0.25, -0.2) is 12.8 Å². The number of carbonyl (C=O) groups is 2. The van der Waals surface area contributed by atoms with Gasteiger partial charge in [-0.15, -0.1) is 0 Å². The van der Waals surface area contributed by atoms with Crippen LogP contribution >= 0.6 is 0 Å². The van der Waals surface area contributed by atoms with Gasteiger partial charge in [-0.05, 0) is 49.7 Å². The third kappa shape index (κ3) is 5.96. The Morgan fingerprint density at radius 1 is 0.923 bits per heavy atom. The maximum atomic E-state index is 12.8. The Morgan fingerprint density at radius 3 is 2.08 bits per heavy atom. The van der Waals surface area contributed by atoms with Gasteiger partial charge >= 0.3 is 0 Å². The van der Waals surface area contributed by atoms with Gasteiger partial charge in [0.25, 0.3) is 0 Å². The zero-order valence-electron chi connectivity index (χ0n) is 14.4. The molecule has 0 bridgehead atoms. The second-order valence-electron chi connectivity index (χ2n) is 5.95. The first-order chi connectivity index (χ1) is 12.1. The molecule has 8 heteroatoms. The molecule has 0 aliphatic heterocycles. The SMILES string of the molecule is Cc1ccc(NC(=O)CS(=O)(=O)CC(=O)Nc2ccc(F)cc2)c(C)c1. The number of benzene rings is 2. The molecule has 2 N–H and O–H groups in total. The summed E-state index contributed by atoms with van der Waals surface area (Å²) in [6, 6.07) is 10.3. The second-order valence-corrected chi connectivity index (χ2v) is 8.02. The van der Waals surface area contributed by atoms with Crippen LogP contribution in [0.1, 0.15) is 11.1 Å². The Kier molecular flexibility index (Phi) is 6.10. The third-order valence-electron chi connectivity index (χ3n) is 3.49. The largest absolute Gasteiger partial charge is 0.325 e. The molecule has 0 aliphatic carbocycles. The van der Waals surface area contributed by atoms with Crippen molar-refractivity contribution in [3.05, 3.63) is 59.4 Å². The van der Waals surface area contributed by atoms with Gasteiger partial charge in [-0.1, -0.05) is 17.7 Å². The molecular formula is C18H19FN2O4S. The number of hydrogen-bond donors (Lipinski definition) is 2. The van der Waals surface area contributed by atoms with Crippen LogP contribution in [0.4, 0.5) is 15.8 Å². The molecule has 26 heavy (non-hydrogen) atoms. The zero-order valence-corrected chi connectivity index (χ0v) is 15.2. The van der Waals surface area contributed by atoms with Crippen molar-refractivity contribution < 1.29 is 22.4 Å². The van der Waals surface area contributed by atoms with Crippen molar-refractivity contribution in [3.8, 4) is 0 Å². The van der Waals surface area contributed by atoms with Crippen LogP contribution in [-0.2, 0) is 19.4 Å². The Hall–Kier alpha value is -2.74. The molecule has 2 aromatic rings. The Labute approximate surface area is 151 Å². The fourth-order valence-corrected chi connectivity index (χ4v) is 3.37. The van der Waals surface area contributed by atoms with E-state index in [0.29, 0.717) is 5.69 Å². The van der Waals surface area contributed by atoms with E-state index in [1.165, 1.54) is 12.1 Å². The molecule has 0 unspecified atom stereocenters. The van der Waals surface area contributed by atoms with E-state index in [1.807, 2.05) is 13.0 Å². The summed E-state index contributed by atoms with van der Waals surface area (Å²) in [7, 11) is -3.95. The molecular weight excluding hydrogens is 359 g/mol. The van der Waals surface area contributed by atoms with Crippen molar-refractivity contribution in [2.45, 2.75) is 13.8 Å². The van der Waals surface area contributed by atoms with Gasteiger partial charge in [-0.2, -0.15) is 0 Å². The van der Waals surface area contributed by atoms with E-state index in [4.69, 9.17) is 0 Å². The van der Waals surface area contributed by atoms with Crippen LogP contribution in [0.3, 0.4) is 0 Å². The summed E-state index contributed by atoms with van der Waals surface area (Å²) in [4.78, 5) is 23.8. The predicted molar refractivity (Wildman–Crippen MR) is 98.2 cm³/mol. The van der Waals surface area contributed by atoms with Crippen LogP contribution in [0, 0.1) is 19.7 Å². The molecule has 2 aromatic carbocycles. The third-order valence-corrected chi connectivity index (χ3v) is 4.89. The van der Waals surface area contributed by atoms with Gasteiger partial charge in [0.15, 0.2) is 9.84 Å². The molecule has 138 valence electrons. The first-order valence-corrected chi connectivity index (χ1v) is 9.60. The van der Waals surface area contributed by atoms with Crippen LogP contribution in [0.2, 0.25) is 0 Å². The summed E-state index contributed by atoms with van der Waals surface area (Å²) in [5.41, 5.74) is 2.62. The number of nitrogens with one attached hydrogen (secondary N) is 2. The van der Waals surface area contributed by atoms with E-state index in [-0.39, 0.29) is 5.69 Å². The van der Waals surface area contributed by atoms with E-state index in [1.54, 1.807) is 19.1 Å². The minimum absolute atomic E-state index is 0.270. The van der Waals surface area contributed by atoms with Crippen LogP contribution < -0.4 is 10.6 Å². The maximum Gasteiger partial charge on any atom is 0.239 e. The van der Waals surface area contributed by atoms with Crippen LogP contribution in [0.5, 0.6) is 0 Å². The number of halogens is 1. The van der Waals surface area contributed by atoms with Gasteiger partial charge < -0.3 is 10.6 Å². The van der Waals surface area contributed by atoms with E-state index in [2.05, 4.69) is 10.6 Å². The summed E-state index contributed by atoms with van der Waals surface area (Å²) in [6.07, 6.45) is 0. The minimum Gasteiger partial charge on any atom is -0.325 e. The molecule has 2 amide bonds. The highest BCUT2D eigenvalue weighted by molar-refractivity contribution is 7.92. The Morgan fingerprint density at radius 2 is 1.50 bits per heavy atom. The Bertz CT molecular complexity index is 925. The van der Waals surface area contributed by atoms with E-state index < -0.39 is 39.0 Å². The van der Waals surface area contributed by atoms with Crippen molar-refractivity contribution in [1.29, 1.82) is 0 Å². The van der Waals surface area contributed by atoms with Crippen LogP contribution in [-0.4, -0.2) is 31.7 Å². The lowest BCUT2D eigenvalue weighted by Gasteiger charge is -2.10. The molecule has 0 atom stereocenters. The maximum absolute atomic E-state index is 12.8. The average molecular weight is 378 g/mol. The van der Waals surface area contributed by atoms with Crippen molar-refractivity contribution in [1.82, 2.24) is 0 Å². The molecule has 0 radical (unpaired) electrons. The number of rotatable bonds is 6. The highest BCUT2D eigenvalue weighted by atomic mass is 32.2. The highest BCUT2D eigenvalue weighted by Gasteiger charge is 2.21. The van der Waals surface area contributed by atoms with Crippen molar-refractivity contribution >= 4 is 33.0 Å². The van der Waals surface area contributed by atoms with Gasteiger partial charge in [-0.3, -0.25) is 9.59 Å². The quantitative estimate of drug-likeness (QED) is 0.807. The standard InChI is InChI=1S/C18H19FN2O4S/c1-12-3-8-16(13(2)9-12)21-18(23)11-26(24,25)10-17(22)20-15-6-4-14(19)5-7-15/h3-9H,10-11H2,1-2H3,(H,20,22)(H,21,23). The summed E-state index contributed by atoms with van der Waals surface area (Å²) >= 11 is 0. The summed E-state index contributed by atoms with van der Waals surface area (Å²) in [6.45, 7) is 3.70. The fourth-order valence-electron chi connectivity index (χ4n) is 2.32. The van der Waals surface area contributed by atoms with Crippen LogP contribution in [0.15, 0.2) is 42.5 Å². The van der Waals surface area contributed by atoms with Gasteiger partial charge in [0.1, 0.15) is 17.3 Å². The highest BCUT2D eigenvalue weighted by Crippen LogP contribution is 2.16. The number of carbonyl (C=O) groups excluding carboxylic acids is 2. The first-order valence-electron chi connectivity index (χ1n) is 7.77. The van der Waals surface area contributed by atoms with E-state index in [0.717, 1.165) is 23.3 Å². The number of amides is 2. The molecule has 0 saturated carbocycles. The fraction of sp³-hybridized carbons (Fsp3) is 0.222. The van der Waals surface area contributed by atoms with Gasteiger partial charge in [0, 0.05) is 11.4 Å². The van der Waals surface area contributed by atoms with Gasteiger partial charge in [0.05, 0.1) is 0 Å². The second kappa shape index (κ2) is 8.09. The molecule has 0 spiro atoms. The van der Waals surface area contributed by atoms with Crippen LogP contribution in [0.25, 0.3) is 0 Å². The number of anilines is 2. The van der Waals surface area contributed by atoms with Crippen molar-refractivity contribution in [3.63, 3.8) is 0 Å². The molecule has 2 rings (SSSR count). The number of hydrogen-bond acceptors (Lipinski definition) is 4. The molecule has 0 saturated heterocycles.